The Morgan fingerprint density at radius 2 is 1.72 bits per heavy atom. The molecular weight excluding hydrogens is 222 g/mol. The van der Waals surface area contributed by atoms with Crippen LogP contribution in [0.25, 0.3) is 0 Å². The lowest BCUT2D eigenvalue weighted by atomic mass is 9.87. The highest BCUT2D eigenvalue weighted by molar-refractivity contribution is 4.80. The second kappa shape index (κ2) is 8.16. The van der Waals surface area contributed by atoms with Crippen molar-refractivity contribution in [1.29, 1.82) is 0 Å². The normalized spacial score (nSPS) is 20.7. The molecule has 0 bridgehead atoms. The molecule has 1 fully saturated rings. The van der Waals surface area contributed by atoms with Gasteiger partial charge in [-0.2, -0.15) is 0 Å². The van der Waals surface area contributed by atoms with Gasteiger partial charge in [0.15, 0.2) is 0 Å². The molecule has 2 heteroatoms. The molecule has 18 heavy (non-hydrogen) atoms. The van der Waals surface area contributed by atoms with Crippen LogP contribution in [0.5, 0.6) is 0 Å². The van der Waals surface area contributed by atoms with Gasteiger partial charge in [-0.15, -0.1) is 0 Å². The molecule has 108 valence electrons. The maximum atomic E-state index is 6.19. The number of nitrogens with one attached hydrogen (secondary N) is 1. The van der Waals surface area contributed by atoms with Crippen LogP contribution in [0, 0.1) is 5.41 Å². The minimum atomic E-state index is 0.278. The van der Waals surface area contributed by atoms with Crippen molar-refractivity contribution in [2.45, 2.75) is 84.8 Å². The first-order valence-electron chi connectivity index (χ1n) is 7.89. The first kappa shape index (κ1) is 16.0. The zero-order chi connectivity index (χ0) is 13.4. The van der Waals surface area contributed by atoms with Gasteiger partial charge in [0.1, 0.15) is 0 Å². The van der Waals surface area contributed by atoms with E-state index in [1.54, 1.807) is 0 Å². The highest BCUT2D eigenvalue weighted by atomic mass is 16.5. The number of hydrogen-bond donors (Lipinski definition) is 1. The molecule has 1 aliphatic rings. The van der Waals surface area contributed by atoms with E-state index in [0.29, 0.717) is 12.1 Å². The Hall–Kier alpha value is -0.0800. The third-order valence-electron chi connectivity index (χ3n) is 3.99. The fourth-order valence-electron chi connectivity index (χ4n) is 2.57. The highest BCUT2D eigenvalue weighted by Gasteiger charge is 2.25. The molecular formula is C16H33NO. The van der Waals surface area contributed by atoms with E-state index in [0.717, 1.165) is 13.2 Å². The van der Waals surface area contributed by atoms with Crippen LogP contribution >= 0.6 is 0 Å². The van der Waals surface area contributed by atoms with Crippen molar-refractivity contribution < 1.29 is 4.74 Å². The van der Waals surface area contributed by atoms with Gasteiger partial charge in [-0.05, 0) is 31.2 Å². The van der Waals surface area contributed by atoms with Gasteiger partial charge >= 0.3 is 0 Å². The van der Waals surface area contributed by atoms with E-state index in [4.69, 9.17) is 4.74 Å². The zero-order valence-corrected chi connectivity index (χ0v) is 12.9. The van der Waals surface area contributed by atoms with Crippen LogP contribution < -0.4 is 5.32 Å². The fraction of sp³-hybridized carbons (Fsp3) is 1.00. The largest absolute Gasteiger partial charge is 0.377 e. The molecule has 0 aromatic rings. The Morgan fingerprint density at radius 3 is 2.22 bits per heavy atom. The number of rotatable bonds is 6. The minimum absolute atomic E-state index is 0.278. The van der Waals surface area contributed by atoms with Crippen molar-refractivity contribution in [3.63, 3.8) is 0 Å². The van der Waals surface area contributed by atoms with Gasteiger partial charge in [-0.1, -0.05) is 53.4 Å². The van der Waals surface area contributed by atoms with Gasteiger partial charge in [0.2, 0.25) is 0 Å². The summed E-state index contributed by atoms with van der Waals surface area (Å²) in [5.74, 6) is 0. The fourth-order valence-corrected chi connectivity index (χ4v) is 2.57. The van der Waals surface area contributed by atoms with Gasteiger partial charge < -0.3 is 10.1 Å². The van der Waals surface area contributed by atoms with Crippen LogP contribution in [-0.2, 0) is 4.74 Å². The molecule has 0 aromatic heterocycles. The van der Waals surface area contributed by atoms with Crippen LogP contribution in [0.15, 0.2) is 0 Å². The Morgan fingerprint density at radius 1 is 1.11 bits per heavy atom. The lowest BCUT2D eigenvalue weighted by molar-refractivity contribution is 0.00957. The van der Waals surface area contributed by atoms with Crippen molar-refractivity contribution in [2.24, 2.45) is 5.41 Å². The van der Waals surface area contributed by atoms with E-state index in [-0.39, 0.29) is 5.41 Å². The van der Waals surface area contributed by atoms with Crippen molar-refractivity contribution >= 4 is 0 Å². The summed E-state index contributed by atoms with van der Waals surface area (Å²) in [6.07, 6.45) is 9.75. The summed E-state index contributed by atoms with van der Waals surface area (Å²) < 4.78 is 6.19. The molecule has 0 heterocycles. The molecule has 0 spiro atoms. The number of ether oxygens (including phenoxy) is 1. The first-order valence-corrected chi connectivity index (χ1v) is 7.89. The Kier molecular flexibility index (Phi) is 7.25. The maximum absolute atomic E-state index is 6.19. The molecule has 1 saturated carbocycles. The predicted molar refractivity (Wildman–Crippen MR) is 79.0 cm³/mol. The van der Waals surface area contributed by atoms with E-state index < -0.39 is 0 Å². The highest BCUT2D eigenvalue weighted by Crippen LogP contribution is 2.23. The summed E-state index contributed by atoms with van der Waals surface area (Å²) in [5, 5.41) is 3.64. The lowest BCUT2D eigenvalue weighted by Gasteiger charge is -2.32. The van der Waals surface area contributed by atoms with Gasteiger partial charge in [-0.25, -0.2) is 0 Å². The summed E-state index contributed by atoms with van der Waals surface area (Å²) in [6, 6.07) is 0.473. The molecule has 0 radical (unpaired) electrons. The average Bonchev–Trinajstić information content (AvgIpc) is 2.56. The van der Waals surface area contributed by atoms with Gasteiger partial charge in [-0.3, -0.25) is 0 Å². The van der Waals surface area contributed by atoms with Crippen LogP contribution in [0.4, 0.5) is 0 Å². The standard InChI is InChI=1S/C16H33NO/c1-5-12-17-15(16(2,3)4)13-18-14-10-8-6-7-9-11-14/h14-15,17H,5-13H2,1-4H3. The van der Waals surface area contributed by atoms with E-state index in [9.17, 15) is 0 Å². The lowest BCUT2D eigenvalue weighted by Crippen LogP contribution is -2.44. The Bertz CT molecular complexity index is 202. The van der Waals surface area contributed by atoms with E-state index in [1.807, 2.05) is 0 Å². The van der Waals surface area contributed by atoms with Crippen molar-refractivity contribution in [1.82, 2.24) is 5.32 Å². The summed E-state index contributed by atoms with van der Waals surface area (Å²) in [5.41, 5.74) is 0.278. The summed E-state index contributed by atoms with van der Waals surface area (Å²) >= 11 is 0. The summed E-state index contributed by atoms with van der Waals surface area (Å²) in [4.78, 5) is 0. The van der Waals surface area contributed by atoms with Gasteiger partial charge in [0.05, 0.1) is 12.7 Å². The molecule has 0 aromatic carbocycles. The molecule has 0 saturated heterocycles. The second-order valence-electron chi connectivity index (χ2n) is 6.82. The minimum Gasteiger partial charge on any atom is -0.377 e. The predicted octanol–water partition coefficient (Wildman–Crippen LogP) is 4.14. The number of hydrogen-bond acceptors (Lipinski definition) is 2. The molecule has 1 unspecified atom stereocenters. The molecule has 0 amide bonds. The van der Waals surface area contributed by atoms with Crippen molar-refractivity contribution in [3.8, 4) is 0 Å². The van der Waals surface area contributed by atoms with Crippen molar-refractivity contribution in [2.75, 3.05) is 13.2 Å². The van der Waals surface area contributed by atoms with E-state index in [2.05, 4.69) is 33.0 Å². The third kappa shape index (κ3) is 6.19. The second-order valence-corrected chi connectivity index (χ2v) is 6.82. The molecule has 1 N–H and O–H groups in total. The molecule has 1 aliphatic carbocycles. The Labute approximate surface area is 114 Å². The van der Waals surface area contributed by atoms with Gasteiger partial charge in [0.25, 0.3) is 0 Å². The van der Waals surface area contributed by atoms with Crippen LogP contribution in [-0.4, -0.2) is 25.3 Å². The smallest absolute Gasteiger partial charge is 0.0628 e. The Balaban J connectivity index is 2.35. The average molecular weight is 255 g/mol. The molecule has 0 aliphatic heterocycles. The van der Waals surface area contributed by atoms with E-state index >= 15 is 0 Å². The first-order chi connectivity index (χ1) is 8.54. The molecule has 1 rings (SSSR count). The summed E-state index contributed by atoms with van der Waals surface area (Å²) in [7, 11) is 0. The van der Waals surface area contributed by atoms with Crippen LogP contribution in [0.3, 0.4) is 0 Å². The zero-order valence-electron chi connectivity index (χ0n) is 12.9. The SMILES string of the molecule is CCCNC(COC1CCCCCC1)C(C)(C)C. The van der Waals surface area contributed by atoms with Crippen LogP contribution in [0.2, 0.25) is 0 Å². The maximum Gasteiger partial charge on any atom is 0.0628 e. The quantitative estimate of drug-likeness (QED) is 0.720. The monoisotopic (exact) mass is 255 g/mol. The third-order valence-corrected chi connectivity index (χ3v) is 3.99. The topological polar surface area (TPSA) is 21.3 Å². The van der Waals surface area contributed by atoms with Crippen LogP contribution in [0.1, 0.15) is 72.6 Å². The van der Waals surface area contributed by atoms with Gasteiger partial charge in [0, 0.05) is 6.04 Å². The van der Waals surface area contributed by atoms with E-state index in [1.165, 1.54) is 44.9 Å². The molecule has 1 atom stereocenters. The summed E-state index contributed by atoms with van der Waals surface area (Å²) in [6.45, 7) is 11.1. The van der Waals surface area contributed by atoms with Crippen molar-refractivity contribution in [3.05, 3.63) is 0 Å². The molecule has 2 nitrogen and oxygen atoms in total.